The number of hydrogen-bond donors (Lipinski definition) is 1. The zero-order valence-electron chi connectivity index (χ0n) is 9.66. The molecule has 0 amide bonds. The fraction of sp³-hybridized carbons (Fsp3) is 0.273. The smallest absolute Gasteiger partial charge is 0.335 e. The van der Waals surface area contributed by atoms with Gasteiger partial charge in [0.25, 0.3) is 0 Å². The van der Waals surface area contributed by atoms with E-state index in [-0.39, 0.29) is 5.56 Å². The first-order valence-electron chi connectivity index (χ1n) is 5.37. The van der Waals surface area contributed by atoms with Crippen molar-refractivity contribution < 1.29 is 9.90 Å². The van der Waals surface area contributed by atoms with Gasteiger partial charge in [-0.2, -0.15) is 0 Å². The number of pyridine rings is 1. The number of carboxylic acids is 1. The summed E-state index contributed by atoms with van der Waals surface area (Å²) in [6.07, 6.45) is 1.70. The highest BCUT2D eigenvalue weighted by Gasteiger charge is 2.10. The molecule has 0 unspecified atom stereocenters. The van der Waals surface area contributed by atoms with Crippen LogP contribution < -0.4 is 0 Å². The first-order chi connectivity index (χ1) is 8.69. The van der Waals surface area contributed by atoms with E-state index < -0.39 is 5.97 Å². The average molecular weight is 281 g/mol. The molecule has 2 heterocycles. The molecule has 2 aromatic rings. The van der Waals surface area contributed by atoms with Gasteiger partial charge in [-0.15, -0.1) is 10.2 Å². The lowest BCUT2D eigenvalue weighted by molar-refractivity contribution is 0.0696. The van der Waals surface area contributed by atoms with Gasteiger partial charge >= 0.3 is 5.97 Å². The van der Waals surface area contributed by atoms with Gasteiger partial charge in [0.15, 0.2) is 4.34 Å². The third kappa shape index (κ3) is 3.27. The van der Waals surface area contributed by atoms with Gasteiger partial charge < -0.3 is 5.11 Å². The standard InChI is InChI=1S/C11H11N3O2S2/c1-2-3-8-4-7(10(15)16)5-9(13-8)18-11-14-12-6-17-11/h4-6H,2-3H2,1H3,(H,15,16). The third-order valence-corrected chi connectivity index (χ3v) is 3.84. The van der Waals surface area contributed by atoms with Gasteiger partial charge in [0.1, 0.15) is 10.5 Å². The van der Waals surface area contributed by atoms with Gasteiger partial charge in [-0.1, -0.05) is 24.7 Å². The van der Waals surface area contributed by atoms with Crippen LogP contribution in [0.2, 0.25) is 0 Å². The predicted molar refractivity (Wildman–Crippen MR) is 69.2 cm³/mol. The Balaban J connectivity index is 2.30. The maximum atomic E-state index is 11.0. The van der Waals surface area contributed by atoms with Crippen LogP contribution in [0.5, 0.6) is 0 Å². The topological polar surface area (TPSA) is 76.0 Å². The summed E-state index contributed by atoms with van der Waals surface area (Å²) in [5.74, 6) is -0.936. The maximum Gasteiger partial charge on any atom is 0.335 e. The first-order valence-corrected chi connectivity index (χ1v) is 7.07. The minimum Gasteiger partial charge on any atom is -0.478 e. The minimum absolute atomic E-state index is 0.264. The number of aryl methyl sites for hydroxylation is 1. The second kappa shape index (κ2) is 5.92. The van der Waals surface area contributed by atoms with Crippen LogP contribution in [0.4, 0.5) is 0 Å². The van der Waals surface area contributed by atoms with E-state index >= 15 is 0 Å². The molecule has 1 N–H and O–H groups in total. The Hall–Kier alpha value is -1.47. The van der Waals surface area contributed by atoms with Crippen molar-refractivity contribution >= 4 is 29.1 Å². The molecule has 0 saturated heterocycles. The van der Waals surface area contributed by atoms with Crippen LogP contribution in [0.3, 0.4) is 0 Å². The van der Waals surface area contributed by atoms with Gasteiger partial charge in [-0.05, 0) is 30.3 Å². The maximum absolute atomic E-state index is 11.0. The Labute approximate surface area is 112 Å². The molecule has 0 saturated carbocycles. The van der Waals surface area contributed by atoms with Crippen LogP contribution in [0.1, 0.15) is 29.4 Å². The summed E-state index contributed by atoms with van der Waals surface area (Å²) in [6, 6.07) is 3.18. The average Bonchev–Trinajstić information content (AvgIpc) is 2.82. The number of aromatic nitrogens is 3. The van der Waals surface area contributed by atoms with Crippen LogP contribution in [0.15, 0.2) is 27.0 Å². The highest BCUT2D eigenvalue weighted by Crippen LogP contribution is 2.28. The monoisotopic (exact) mass is 281 g/mol. The molecule has 0 fully saturated rings. The molecule has 5 nitrogen and oxygen atoms in total. The van der Waals surface area contributed by atoms with Gasteiger partial charge in [0, 0.05) is 5.69 Å². The van der Waals surface area contributed by atoms with Crippen LogP contribution in [0.25, 0.3) is 0 Å². The molecule has 2 rings (SSSR count). The lowest BCUT2D eigenvalue weighted by Crippen LogP contribution is -2.01. The molecule has 0 radical (unpaired) electrons. The van der Waals surface area contributed by atoms with E-state index in [9.17, 15) is 4.79 Å². The molecule has 0 bridgehead atoms. The van der Waals surface area contributed by atoms with Crippen LogP contribution in [-0.4, -0.2) is 26.3 Å². The van der Waals surface area contributed by atoms with Gasteiger partial charge in [0.2, 0.25) is 0 Å². The lowest BCUT2D eigenvalue weighted by atomic mass is 10.2. The second-order valence-electron chi connectivity index (χ2n) is 3.55. The molecular formula is C11H11N3O2S2. The predicted octanol–water partition coefficient (Wildman–Crippen LogP) is 2.74. The summed E-state index contributed by atoms with van der Waals surface area (Å²) in [5.41, 5.74) is 2.70. The van der Waals surface area contributed by atoms with Crippen molar-refractivity contribution in [1.82, 2.24) is 15.2 Å². The van der Waals surface area contributed by atoms with E-state index in [1.807, 2.05) is 6.92 Å². The van der Waals surface area contributed by atoms with Crippen LogP contribution in [-0.2, 0) is 6.42 Å². The molecule has 18 heavy (non-hydrogen) atoms. The van der Waals surface area contributed by atoms with Crippen molar-refractivity contribution in [2.75, 3.05) is 0 Å². The van der Waals surface area contributed by atoms with Crippen molar-refractivity contribution in [1.29, 1.82) is 0 Å². The SMILES string of the molecule is CCCc1cc(C(=O)O)cc(Sc2nncs2)n1. The van der Waals surface area contributed by atoms with E-state index in [1.165, 1.54) is 23.1 Å². The lowest BCUT2D eigenvalue weighted by Gasteiger charge is -2.04. The van der Waals surface area contributed by atoms with Crippen molar-refractivity contribution in [3.05, 3.63) is 28.9 Å². The number of rotatable bonds is 5. The van der Waals surface area contributed by atoms with Crippen molar-refractivity contribution in [2.24, 2.45) is 0 Å². The zero-order chi connectivity index (χ0) is 13.0. The Morgan fingerprint density at radius 3 is 2.94 bits per heavy atom. The van der Waals surface area contributed by atoms with Gasteiger partial charge in [-0.3, -0.25) is 0 Å². The molecule has 7 heteroatoms. The Morgan fingerprint density at radius 2 is 2.33 bits per heavy atom. The minimum atomic E-state index is -0.936. The molecule has 0 aliphatic rings. The van der Waals surface area contributed by atoms with Crippen molar-refractivity contribution in [3.63, 3.8) is 0 Å². The summed E-state index contributed by atoms with van der Waals surface area (Å²) in [4.78, 5) is 15.5. The third-order valence-electron chi connectivity index (χ3n) is 2.14. The summed E-state index contributed by atoms with van der Waals surface area (Å²) in [5, 5.41) is 17.4. The molecule has 0 aliphatic heterocycles. The Kier molecular flexibility index (Phi) is 4.27. The van der Waals surface area contributed by atoms with E-state index in [0.717, 1.165) is 22.9 Å². The summed E-state index contributed by atoms with van der Waals surface area (Å²) >= 11 is 2.74. The largest absolute Gasteiger partial charge is 0.478 e. The number of carbonyl (C=O) groups is 1. The normalized spacial score (nSPS) is 10.5. The Bertz CT molecular complexity index is 543. The molecular weight excluding hydrogens is 270 g/mol. The first kappa shape index (κ1) is 13.0. The van der Waals surface area contributed by atoms with E-state index in [4.69, 9.17) is 5.11 Å². The van der Waals surface area contributed by atoms with Crippen LogP contribution in [0, 0.1) is 0 Å². The Morgan fingerprint density at radius 1 is 1.50 bits per heavy atom. The van der Waals surface area contributed by atoms with Gasteiger partial charge in [0.05, 0.1) is 5.56 Å². The number of carboxylic acid groups (broad SMARTS) is 1. The van der Waals surface area contributed by atoms with Crippen molar-refractivity contribution in [3.8, 4) is 0 Å². The van der Waals surface area contributed by atoms with Crippen molar-refractivity contribution in [2.45, 2.75) is 29.1 Å². The summed E-state index contributed by atoms with van der Waals surface area (Å²) in [6.45, 7) is 2.03. The summed E-state index contributed by atoms with van der Waals surface area (Å²) < 4.78 is 0.757. The second-order valence-corrected chi connectivity index (χ2v) is 5.65. The highest BCUT2D eigenvalue weighted by molar-refractivity contribution is 8.00. The molecule has 0 atom stereocenters. The fourth-order valence-corrected chi connectivity index (χ4v) is 2.89. The molecule has 0 spiro atoms. The van der Waals surface area contributed by atoms with E-state index in [2.05, 4.69) is 15.2 Å². The molecule has 0 aromatic carbocycles. The van der Waals surface area contributed by atoms with E-state index in [0.29, 0.717) is 5.03 Å². The van der Waals surface area contributed by atoms with Crippen LogP contribution >= 0.6 is 23.1 Å². The summed E-state index contributed by atoms with van der Waals surface area (Å²) in [7, 11) is 0. The highest BCUT2D eigenvalue weighted by atomic mass is 32.2. The molecule has 0 aliphatic carbocycles. The quantitative estimate of drug-likeness (QED) is 0.908. The van der Waals surface area contributed by atoms with Gasteiger partial charge in [-0.25, -0.2) is 9.78 Å². The number of aromatic carboxylic acids is 1. The van der Waals surface area contributed by atoms with E-state index in [1.54, 1.807) is 17.6 Å². The zero-order valence-corrected chi connectivity index (χ0v) is 11.3. The molecule has 2 aromatic heterocycles. The number of hydrogen-bond acceptors (Lipinski definition) is 6. The molecule has 94 valence electrons. The fourth-order valence-electron chi connectivity index (χ4n) is 1.42. The number of nitrogens with zero attached hydrogens (tertiary/aromatic N) is 3.